The first-order valence-corrected chi connectivity index (χ1v) is 7.19. The maximum absolute atomic E-state index is 12.5. The molecule has 0 aliphatic heterocycles. The number of rotatable bonds is 6. The van der Waals surface area contributed by atoms with E-state index in [9.17, 15) is 13.2 Å². The minimum absolute atomic E-state index is 0.0479. The number of nitriles is 1. The van der Waals surface area contributed by atoms with E-state index in [2.05, 4.69) is 10.1 Å². The number of alkyl halides is 3. The van der Waals surface area contributed by atoms with Crippen LogP contribution >= 0.6 is 0 Å². The predicted molar refractivity (Wildman–Crippen MR) is 83.8 cm³/mol. The molecule has 1 heterocycles. The summed E-state index contributed by atoms with van der Waals surface area (Å²) in [6.45, 7) is 1.67. The Bertz CT molecular complexity index is 764. The highest BCUT2D eigenvalue weighted by Gasteiger charge is 2.29. The van der Waals surface area contributed by atoms with Crippen LogP contribution in [0.1, 0.15) is 23.6 Å². The Morgan fingerprint density at radius 2 is 1.92 bits per heavy atom. The Morgan fingerprint density at radius 1 is 1.20 bits per heavy atom. The van der Waals surface area contributed by atoms with Gasteiger partial charge in [-0.1, -0.05) is 17.3 Å². The molecular weight excluding hydrogens is 335 g/mol. The van der Waals surface area contributed by atoms with Crippen molar-refractivity contribution >= 4 is 5.71 Å². The zero-order valence-electron chi connectivity index (χ0n) is 13.2. The average Bonchev–Trinajstić information content (AvgIpc) is 2.60. The minimum Gasteiger partial charge on any atom is -0.462 e. The average molecular weight is 349 g/mol. The van der Waals surface area contributed by atoms with Crippen LogP contribution in [-0.4, -0.2) is 17.3 Å². The van der Waals surface area contributed by atoms with E-state index in [0.29, 0.717) is 22.7 Å². The molecule has 0 fully saturated rings. The summed E-state index contributed by atoms with van der Waals surface area (Å²) in [4.78, 5) is 9.18. The van der Waals surface area contributed by atoms with Gasteiger partial charge in [-0.15, -0.1) is 0 Å². The van der Waals surface area contributed by atoms with Crippen LogP contribution in [0.25, 0.3) is 0 Å². The molecule has 0 unspecified atom stereocenters. The highest BCUT2D eigenvalue weighted by atomic mass is 19.4. The molecule has 2 aromatic rings. The van der Waals surface area contributed by atoms with Gasteiger partial charge in [-0.05, 0) is 30.7 Å². The quantitative estimate of drug-likeness (QED) is 0.585. The summed E-state index contributed by atoms with van der Waals surface area (Å²) < 4.78 is 42.5. The molecule has 1 aromatic heterocycles. The van der Waals surface area contributed by atoms with Crippen LogP contribution in [0.2, 0.25) is 0 Å². The van der Waals surface area contributed by atoms with Crippen molar-refractivity contribution in [2.75, 3.05) is 6.61 Å². The van der Waals surface area contributed by atoms with Crippen LogP contribution in [-0.2, 0) is 17.6 Å². The molecule has 0 saturated carbocycles. The first kappa shape index (κ1) is 18.3. The molecule has 130 valence electrons. The van der Waals surface area contributed by atoms with Gasteiger partial charge in [0.2, 0.25) is 5.88 Å². The Kier molecular flexibility index (Phi) is 5.95. The number of oxime groups is 1. The van der Waals surface area contributed by atoms with Crippen LogP contribution in [0.3, 0.4) is 0 Å². The van der Waals surface area contributed by atoms with Crippen LogP contribution in [0.4, 0.5) is 13.2 Å². The van der Waals surface area contributed by atoms with Gasteiger partial charge in [-0.3, -0.25) is 0 Å². The molecule has 25 heavy (non-hydrogen) atoms. The fourth-order valence-corrected chi connectivity index (χ4v) is 1.83. The second-order valence-corrected chi connectivity index (χ2v) is 4.98. The lowest BCUT2D eigenvalue weighted by Gasteiger charge is -2.07. The van der Waals surface area contributed by atoms with Crippen LogP contribution < -0.4 is 4.74 Å². The summed E-state index contributed by atoms with van der Waals surface area (Å²) in [7, 11) is 0. The van der Waals surface area contributed by atoms with Crippen LogP contribution in [0.5, 0.6) is 5.88 Å². The number of pyridine rings is 1. The third-order valence-electron chi connectivity index (χ3n) is 3.15. The summed E-state index contributed by atoms with van der Waals surface area (Å²) >= 11 is 0. The molecule has 0 atom stereocenters. The van der Waals surface area contributed by atoms with Gasteiger partial charge in [0.15, 0.2) is 6.61 Å². The van der Waals surface area contributed by atoms with Gasteiger partial charge in [-0.25, -0.2) is 4.98 Å². The summed E-state index contributed by atoms with van der Waals surface area (Å²) in [5, 5.41) is 12.3. The topological polar surface area (TPSA) is 67.5 Å². The van der Waals surface area contributed by atoms with E-state index in [0.717, 1.165) is 12.1 Å². The number of aromatic nitrogens is 1. The number of hydrogen-bond acceptors (Lipinski definition) is 5. The molecular formula is C17H14F3N3O2. The standard InChI is InChI=1S/C17H14F3N3O2/c1-12(14-4-7-16(22-10-14)24-9-8-21)23-25-11-13-2-5-15(6-3-13)17(18,19)20/h2-7,10H,9,11H2,1H3. The zero-order valence-corrected chi connectivity index (χ0v) is 13.2. The van der Waals surface area contributed by atoms with Gasteiger partial charge in [0.1, 0.15) is 12.7 Å². The highest BCUT2D eigenvalue weighted by molar-refractivity contribution is 5.98. The fourth-order valence-electron chi connectivity index (χ4n) is 1.83. The first-order chi connectivity index (χ1) is 11.9. The number of nitrogens with zero attached hydrogens (tertiary/aromatic N) is 3. The van der Waals surface area contributed by atoms with Crippen molar-refractivity contribution in [3.8, 4) is 11.9 Å². The minimum atomic E-state index is -4.36. The van der Waals surface area contributed by atoms with Crippen molar-refractivity contribution in [1.29, 1.82) is 5.26 Å². The molecule has 0 bridgehead atoms. The number of ether oxygens (including phenoxy) is 1. The lowest BCUT2D eigenvalue weighted by atomic mass is 10.1. The molecule has 0 aliphatic rings. The first-order valence-electron chi connectivity index (χ1n) is 7.19. The molecule has 0 saturated heterocycles. The third kappa shape index (κ3) is 5.49. The lowest BCUT2D eigenvalue weighted by molar-refractivity contribution is -0.137. The summed E-state index contributed by atoms with van der Waals surface area (Å²) in [6.07, 6.45) is -2.84. The Hall–Kier alpha value is -3.08. The zero-order chi connectivity index (χ0) is 18.3. The number of benzene rings is 1. The largest absolute Gasteiger partial charge is 0.462 e. The molecule has 8 heteroatoms. The van der Waals surface area contributed by atoms with Gasteiger partial charge in [0.25, 0.3) is 0 Å². The van der Waals surface area contributed by atoms with Crippen molar-refractivity contribution in [1.82, 2.24) is 4.98 Å². The van der Waals surface area contributed by atoms with Gasteiger partial charge in [0.05, 0.1) is 11.3 Å². The second-order valence-electron chi connectivity index (χ2n) is 4.98. The van der Waals surface area contributed by atoms with Crippen molar-refractivity contribution in [2.24, 2.45) is 5.16 Å². The van der Waals surface area contributed by atoms with Gasteiger partial charge in [-0.2, -0.15) is 18.4 Å². The summed E-state index contributed by atoms with van der Waals surface area (Å²) in [5.74, 6) is 0.323. The number of halogens is 3. The van der Waals surface area contributed by atoms with Crippen molar-refractivity contribution < 1.29 is 22.7 Å². The van der Waals surface area contributed by atoms with Crippen molar-refractivity contribution in [3.63, 3.8) is 0 Å². The van der Waals surface area contributed by atoms with E-state index in [1.54, 1.807) is 19.1 Å². The molecule has 0 N–H and O–H groups in total. The molecule has 5 nitrogen and oxygen atoms in total. The monoisotopic (exact) mass is 349 g/mol. The van der Waals surface area contributed by atoms with E-state index >= 15 is 0 Å². The second kappa shape index (κ2) is 8.15. The van der Waals surface area contributed by atoms with E-state index in [4.69, 9.17) is 14.8 Å². The SMILES string of the molecule is CC(=NOCc1ccc(C(F)(F)F)cc1)c1ccc(OCC#N)nc1. The Labute approximate surface area is 142 Å². The van der Waals surface area contributed by atoms with E-state index in [-0.39, 0.29) is 13.2 Å². The van der Waals surface area contributed by atoms with E-state index < -0.39 is 11.7 Å². The summed E-state index contributed by atoms with van der Waals surface area (Å²) in [5.41, 5.74) is 1.10. The maximum atomic E-state index is 12.5. The number of hydrogen-bond donors (Lipinski definition) is 0. The van der Waals surface area contributed by atoms with Gasteiger partial charge < -0.3 is 9.57 Å². The van der Waals surface area contributed by atoms with E-state index in [1.807, 2.05) is 6.07 Å². The Balaban J connectivity index is 1.92. The normalized spacial score (nSPS) is 11.7. The Morgan fingerprint density at radius 3 is 2.48 bits per heavy atom. The predicted octanol–water partition coefficient (Wildman–Crippen LogP) is 3.94. The third-order valence-corrected chi connectivity index (χ3v) is 3.15. The van der Waals surface area contributed by atoms with Gasteiger partial charge in [0, 0.05) is 17.8 Å². The van der Waals surface area contributed by atoms with Crippen molar-refractivity contribution in [3.05, 3.63) is 59.3 Å². The molecule has 0 spiro atoms. The van der Waals surface area contributed by atoms with E-state index in [1.165, 1.54) is 18.3 Å². The molecule has 0 radical (unpaired) electrons. The van der Waals surface area contributed by atoms with Crippen LogP contribution in [0, 0.1) is 11.3 Å². The summed E-state index contributed by atoms with van der Waals surface area (Å²) in [6, 6.07) is 9.83. The molecule has 0 amide bonds. The molecule has 2 rings (SSSR count). The van der Waals surface area contributed by atoms with Crippen LogP contribution in [0.15, 0.2) is 47.8 Å². The maximum Gasteiger partial charge on any atom is 0.416 e. The highest BCUT2D eigenvalue weighted by Crippen LogP contribution is 2.29. The molecule has 1 aromatic carbocycles. The molecule has 0 aliphatic carbocycles. The van der Waals surface area contributed by atoms with Crippen molar-refractivity contribution in [2.45, 2.75) is 19.7 Å². The lowest BCUT2D eigenvalue weighted by Crippen LogP contribution is -2.04. The van der Waals surface area contributed by atoms with Gasteiger partial charge >= 0.3 is 6.18 Å². The fraction of sp³-hybridized carbons (Fsp3) is 0.235. The smallest absolute Gasteiger partial charge is 0.416 e.